The van der Waals surface area contributed by atoms with Gasteiger partial charge in [0.2, 0.25) is 11.8 Å². The highest BCUT2D eigenvalue weighted by molar-refractivity contribution is 6.10. The van der Waals surface area contributed by atoms with Crippen LogP contribution in [-0.4, -0.2) is 34.5 Å². The van der Waals surface area contributed by atoms with Gasteiger partial charge < -0.3 is 10.7 Å². The normalized spacial score (nSPS) is 19.2. The minimum absolute atomic E-state index is 0.213. The van der Waals surface area contributed by atoms with Crippen molar-refractivity contribution in [2.45, 2.75) is 25.4 Å². The standard InChI is InChI=1S/C20H20N6O3/c21-24-18(26(22)14-4-2-1-3-5-14)12-6-7-15-13(10-12)11-25(20(15)29)16-8-9-17(27)23-19(16)28/h1-7,10,16H,8-9,11,21-22H2,(H,23,27,28)/b24-18-. The lowest BCUT2D eigenvalue weighted by Gasteiger charge is -2.29. The Labute approximate surface area is 166 Å². The predicted octanol–water partition coefficient (Wildman–Crippen LogP) is 0.448. The minimum atomic E-state index is -0.658. The Morgan fingerprint density at radius 2 is 1.90 bits per heavy atom. The molecule has 4 rings (SSSR count). The Morgan fingerprint density at radius 1 is 1.14 bits per heavy atom. The van der Waals surface area contributed by atoms with Crippen molar-refractivity contribution in [3.8, 4) is 0 Å². The van der Waals surface area contributed by atoms with Gasteiger partial charge in [0.05, 0.1) is 5.69 Å². The van der Waals surface area contributed by atoms with Gasteiger partial charge in [0.15, 0.2) is 5.84 Å². The fraction of sp³-hybridized carbons (Fsp3) is 0.200. The zero-order valence-corrected chi connectivity index (χ0v) is 15.5. The van der Waals surface area contributed by atoms with Crippen molar-refractivity contribution < 1.29 is 14.4 Å². The van der Waals surface area contributed by atoms with E-state index in [9.17, 15) is 14.4 Å². The van der Waals surface area contributed by atoms with E-state index in [1.807, 2.05) is 30.3 Å². The number of hydrogen-bond acceptors (Lipinski definition) is 6. The van der Waals surface area contributed by atoms with Gasteiger partial charge in [-0.25, -0.2) is 5.84 Å². The van der Waals surface area contributed by atoms with Crippen LogP contribution in [0.5, 0.6) is 0 Å². The number of hydrogen-bond donors (Lipinski definition) is 3. The number of hydrazine groups is 1. The highest BCUT2D eigenvalue weighted by Crippen LogP contribution is 2.28. The molecule has 1 fully saturated rings. The van der Waals surface area contributed by atoms with E-state index in [0.29, 0.717) is 29.1 Å². The van der Waals surface area contributed by atoms with Crippen LogP contribution < -0.4 is 22.0 Å². The number of benzene rings is 2. The van der Waals surface area contributed by atoms with E-state index in [-0.39, 0.29) is 24.8 Å². The predicted molar refractivity (Wildman–Crippen MR) is 106 cm³/mol. The summed E-state index contributed by atoms with van der Waals surface area (Å²) in [6.07, 6.45) is 0.530. The zero-order chi connectivity index (χ0) is 20.5. The van der Waals surface area contributed by atoms with E-state index in [0.717, 1.165) is 5.56 Å². The fourth-order valence-corrected chi connectivity index (χ4v) is 3.70. The van der Waals surface area contributed by atoms with Crippen LogP contribution in [0.2, 0.25) is 0 Å². The van der Waals surface area contributed by atoms with Crippen molar-refractivity contribution in [2.24, 2.45) is 16.8 Å². The summed E-state index contributed by atoms with van der Waals surface area (Å²) in [4.78, 5) is 37.9. The molecule has 148 valence electrons. The maximum Gasteiger partial charge on any atom is 0.255 e. The van der Waals surface area contributed by atoms with Gasteiger partial charge in [0.25, 0.3) is 5.91 Å². The van der Waals surface area contributed by atoms with Crippen LogP contribution in [0, 0.1) is 0 Å². The number of amides is 3. The van der Waals surface area contributed by atoms with Crippen LogP contribution in [0.25, 0.3) is 0 Å². The second-order valence-electron chi connectivity index (χ2n) is 6.93. The molecule has 2 aromatic carbocycles. The molecule has 0 spiro atoms. The Balaban J connectivity index is 1.60. The Morgan fingerprint density at radius 3 is 2.59 bits per heavy atom. The quantitative estimate of drug-likeness (QED) is 0.228. The van der Waals surface area contributed by atoms with Gasteiger partial charge in [-0.2, -0.15) is 5.10 Å². The fourth-order valence-electron chi connectivity index (χ4n) is 3.70. The summed E-state index contributed by atoms with van der Waals surface area (Å²) in [6.45, 7) is 0.266. The van der Waals surface area contributed by atoms with Gasteiger partial charge in [-0.3, -0.25) is 24.7 Å². The van der Waals surface area contributed by atoms with Crippen molar-refractivity contribution in [3.63, 3.8) is 0 Å². The molecule has 2 aromatic rings. The topological polar surface area (TPSA) is 134 Å². The van der Waals surface area contributed by atoms with E-state index in [2.05, 4.69) is 10.4 Å². The lowest BCUT2D eigenvalue weighted by Crippen LogP contribution is -2.52. The first-order valence-electron chi connectivity index (χ1n) is 9.15. The molecule has 2 aliphatic rings. The van der Waals surface area contributed by atoms with Crippen LogP contribution in [0.1, 0.15) is 34.3 Å². The molecular formula is C20H20N6O3. The number of anilines is 1. The molecule has 0 radical (unpaired) electrons. The summed E-state index contributed by atoms with van der Waals surface area (Å²) >= 11 is 0. The highest BCUT2D eigenvalue weighted by Gasteiger charge is 2.39. The van der Waals surface area contributed by atoms with Crippen molar-refractivity contribution in [1.29, 1.82) is 0 Å². The number of nitrogens with two attached hydrogens (primary N) is 2. The first kappa shape index (κ1) is 18.6. The summed E-state index contributed by atoms with van der Waals surface area (Å²) in [5.41, 5.74) is 2.62. The number of nitrogens with one attached hydrogen (secondary N) is 1. The maximum atomic E-state index is 12.8. The van der Waals surface area contributed by atoms with E-state index in [1.54, 1.807) is 18.2 Å². The minimum Gasteiger partial charge on any atom is -0.322 e. The number of para-hydroxylation sites is 1. The molecule has 2 heterocycles. The van der Waals surface area contributed by atoms with Gasteiger partial charge in [-0.05, 0) is 36.2 Å². The number of rotatable bonds is 3. The average Bonchev–Trinajstić information content (AvgIpc) is 3.05. The molecule has 3 amide bonds. The Bertz CT molecular complexity index is 1020. The number of amidine groups is 1. The molecule has 9 nitrogen and oxygen atoms in total. The first-order valence-corrected chi connectivity index (χ1v) is 9.15. The lowest BCUT2D eigenvalue weighted by molar-refractivity contribution is -0.136. The monoisotopic (exact) mass is 392 g/mol. The molecular weight excluding hydrogens is 372 g/mol. The second-order valence-corrected chi connectivity index (χ2v) is 6.93. The van der Waals surface area contributed by atoms with Crippen LogP contribution in [0.15, 0.2) is 53.6 Å². The second kappa shape index (κ2) is 7.36. The molecule has 29 heavy (non-hydrogen) atoms. The van der Waals surface area contributed by atoms with Gasteiger partial charge >= 0.3 is 0 Å². The molecule has 0 saturated carbocycles. The molecule has 1 saturated heterocycles. The number of imide groups is 1. The molecule has 9 heteroatoms. The average molecular weight is 392 g/mol. The van der Waals surface area contributed by atoms with Crippen molar-refractivity contribution in [3.05, 3.63) is 65.2 Å². The van der Waals surface area contributed by atoms with Crippen LogP contribution in [0.3, 0.4) is 0 Å². The van der Waals surface area contributed by atoms with Crippen LogP contribution in [0.4, 0.5) is 5.69 Å². The third-order valence-corrected chi connectivity index (χ3v) is 5.17. The number of nitrogens with zero attached hydrogens (tertiary/aromatic N) is 3. The Hall–Kier alpha value is -3.72. The molecule has 5 N–H and O–H groups in total. The van der Waals surface area contributed by atoms with Crippen LogP contribution in [-0.2, 0) is 16.1 Å². The SMILES string of the molecule is N/N=C(/c1ccc2c(c1)CN(C1CCC(=O)NC1=O)C2=O)N(N)c1ccccc1. The van der Waals surface area contributed by atoms with E-state index in [1.165, 1.54) is 9.91 Å². The smallest absolute Gasteiger partial charge is 0.255 e. The van der Waals surface area contributed by atoms with Crippen molar-refractivity contribution in [1.82, 2.24) is 10.2 Å². The van der Waals surface area contributed by atoms with E-state index >= 15 is 0 Å². The molecule has 0 bridgehead atoms. The lowest BCUT2D eigenvalue weighted by atomic mass is 10.0. The largest absolute Gasteiger partial charge is 0.322 e. The van der Waals surface area contributed by atoms with E-state index in [4.69, 9.17) is 11.7 Å². The number of carbonyl (C=O) groups excluding carboxylic acids is 3. The molecule has 0 aromatic heterocycles. The summed E-state index contributed by atoms with van der Waals surface area (Å²) in [5, 5.41) is 7.49. The third-order valence-electron chi connectivity index (χ3n) is 5.17. The van der Waals surface area contributed by atoms with Gasteiger partial charge in [-0.15, -0.1) is 0 Å². The molecule has 0 aliphatic carbocycles. The maximum absolute atomic E-state index is 12.8. The molecule has 2 aliphatic heterocycles. The molecule has 1 atom stereocenters. The number of piperidine rings is 1. The van der Waals surface area contributed by atoms with Gasteiger partial charge in [0.1, 0.15) is 6.04 Å². The third kappa shape index (κ3) is 3.32. The van der Waals surface area contributed by atoms with Crippen molar-refractivity contribution in [2.75, 3.05) is 5.01 Å². The summed E-state index contributed by atoms with van der Waals surface area (Å²) < 4.78 is 0. The number of fused-ring (bicyclic) bond motifs is 1. The van der Waals surface area contributed by atoms with E-state index < -0.39 is 11.9 Å². The number of hydrazone groups is 1. The molecule has 1 unspecified atom stereocenters. The number of carbonyl (C=O) groups is 3. The summed E-state index contributed by atoms with van der Waals surface area (Å²) in [7, 11) is 0. The summed E-state index contributed by atoms with van der Waals surface area (Å²) in [5.74, 6) is 11.1. The van der Waals surface area contributed by atoms with Crippen molar-refractivity contribution >= 4 is 29.2 Å². The highest BCUT2D eigenvalue weighted by atomic mass is 16.2. The summed E-state index contributed by atoms with van der Waals surface area (Å²) in [6, 6.07) is 13.8. The first-order chi connectivity index (χ1) is 14.0. The zero-order valence-electron chi connectivity index (χ0n) is 15.5. The van der Waals surface area contributed by atoms with Gasteiger partial charge in [0, 0.05) is 24.1 Å². The van der Waals surface area contributed by atoms with Crippen LogP contribution >= 0.6 is 0 Å². The Kier molecular flexibility index (Phi) is 4.73. The van der Waals surface area contributed by atoms with Gasteiger partial charge in [-0.1, -0.05) is 24.3 Å².